The van der Waals surface area contributed by atoms with Gasteiger partial charge in [0, 0.05) is 5.35 Å². The van der Waals surface area contributed by atoms with Gasteiger partial charge in [-0.1, -0.05) is 42.5 Å². The van der Waals surface area contributed by atoms with Crippen molar-refractivity contribution in [3.63, 3.8) is 0 Å². The van der Waals surface area contributed by atoms with Crippen LogP contribution in [0.3, 0.4) is 0 Å². The molecule has 0 saturated heterocycles. The second kappa shape index (κ2) is 5.51. The van der Waals surface area contributed by atoms with Crippen molar-refractivity contribution in [2.24, 2.45) is 5.92 Å². The second-order valence-electron chi connectivity index (χ2n) is 6.71. The summed E-state index contributed by atoms with van der Waals surface area (Å²) in [4.78, 5) is 15.5. The van der Waals surface area contributed by atoms with Gasteiger partial charge in [0.15, 0.2) is 0 Å². The molecule has 1 fully saturated rings. The van der Waals surface area contributed by atoms with E-state index in [9.17, 15) is 18.0 Å². The van der Waals surface area contributed by atoms with Crippen molar-refractivity contribution in [3.05, 3.63) is 58.2 Å². The quantitative estimate of drug-likeness (QED) is 0.882. The Morgan fingerprint density at radius 3 is 2.56 bits per heavy atom. The van der Waals surface area contributed by atoms with Crippen molar-refractivity contribution in [2.45, 2.75) is 31.0 Å². The van der Waals surface area contributed by atoms with Crippen molar-refractivity contribution in [2.75, 3.05) is 0 Å². The van der Waals surface area contributed by atoms with Crippen LogP contribution in [-0.4, -0.2) is 17.1 Å². The number of alkyl halides is 3. The summed E-state index contributed by atoms with van der Waals surface area (Å²) in [6, 6.07) is 11.2. The third-order valence-electron chi connectivity index (χ3n) is 4.93. The topological polar surface area (TPSA) is 44.9 Å². The SMILES string of the molecule is O=C(NC1(c2ccccc2)CC1)c1cc2c([nH]1)=CCC(C(F)(F)F)C=2. The van der Waals surface area contributed by atoms with Crippen LogP contribution >= 0.6 is 0 Å². The summed E-state index contributed by atoms with van der Waals surface area (Å²) in [6.07, 6.45) is 0.0432. The van der Waals surface area contributed by atoms with E-state index in [0.717, 1.165) is 18.4 Å². The molecule has 1 aromatic carbocycles. The molecule has 6 heteroatoms. The molecule has 1 amide bonds. The molecule has 2 aromatic rings. The first-order valence-corrected chi connectivity index (χ1v) is 8.23. The van der Waals surface area contributed by atoms with E-state index < -0.39 is 12.1 Å². The maximum Gasteiger partial charge on any atom is 0.395 e. The number of aromatic amines is 1. The van der Waals surface area contributed by atoms with E-state index in [1.165, 1.54) is 18.2 Å². The van der Waals surface area contributed by atoms with Crippen molar-refractivity contribution in [1.82, 2.24) is 10.3 Å². The Hall–Kier alpha value is -2.50. The van der Waals surface area contributed by atoms with Crippen molar-refractivity contribution in [1.29, 1.82) is 0 Å². The number of aromatic nitrogens is 1. The van der Waals surface area contributed by atoms with E-state index in [4.69, 9.17) is 0 Å². The molecule has 2 N–H and O–H groups in total. The van der Waals surface area contributed by atoms with Gasteiger partial charge in [-0.25, -0.2) is 0 Å². The summed E-state index contributed by atoms with van der Waals surface area (Å²) in [5.74, 6) is -1.79. The number of H-pyrrole nitrogens is 1. The van der Waals surface area contributed by atoms with Gasteiger partial charge in [-0.2, -0.15) is 13.2 Å². The lowest BCUT2D eigenvalue weighted by atomic mass is 10.00. The minimum atomic E-state index is -4.26. The van der Waals surface area contributed by atoms with Crippen LogP contribution in [0.2, 0.25) is 0 Å². The number of carbonyl (C=O) groups is 1. The van der Waals surface area contributed by atoms with E-state index in [-0.39, 0.29) is 17.9 Å². The van der Waals surface area contributed by atoms with Gasteiger partial charge in [-0.3, -0.25) is 4.79 Å². The number of halogens is 3. The third kappa shape index (κ3) is 2.97. The summed E-state index contributed by atoms with van der Waals surface area (Å²) in [5.41, 5.74) is 0.990. The van der Waals surface area contributed by atoms with E-state index in [1.807, 2.05) is 30.3 Å². The van der Waals surface area contributed by atoms with Crippen LogP contribution in [0.1, 0.15) is 35.3 Å². The zero-order valence-corrected chi connectivity index (χ0v) is 13.4. The molecule has 1 heterocycles. The second-order valence-corrected chi connectivity index (χ2v) is 6.71. The minimum Gasteiger partial charge on any atom is -0.351 e. The number of amides is 1. The predicted octanol–water partition coefficient (Wildman–Crippen LogP) is 2.58. The molecule has 1 atom stereocenters. The third-order valence-corrected chi connectivity index (χ3v) is 4.93. The Kier molecular flexibility index (Phi) is 3.52. The molecule has 25 heavy (non-hydrogen) atoms. The molecular formula is C19H17F3N2O. The van der Waals surface area contributed by atoms with Crippen molar-refractivity contribution >= 4 is 18.1 Å². The standard InChI is InChI=1S/C19H17F3N2O/c20-19(21,22)14-6-7-15-12(10-14)11-16(23-15)17(25)24-18(8-9-18)13-4-2-1-3-5-13/h1-5,7,10-11,14,23H,6,8-9H2,(H,24,25). The first-order chi connectivity index (χ1) is 11.9. The molecule has 0 radical (unpaired) electrons. The van der Waals surface area contributed by atoms with Gasteiger partial charge in [0.1, 0.15) is 5.69 Å². The average molecular weight is 346 g/mol. The van der Waals surface area contributed by atoms with E-state index in [2.05, 4.69) is 10.3 Å². The summed E-state index contributed by atoms with van der Waals surface area (Å²) >= 11 is 0. The fraction of sp³-hybridized carbons (Fsp3) is 0.316. The minimum absolute atomic E-state index is 0.105. The number of carbonyl (C=O) groups excluding carboxylic acids is 1. The maximum absolute atomic E-state index is 12.9. The fourth-order valence-electron chi connectivity index (χ4n) is 3.33. The Bertz CT molecular complexity index is 924. The normalized spacial score (nSPS) is 20.8. The molecule has 0 aliphatic heterocycles. The molecule has 4 rings (SSSR count). The molecule has 1 unspecified atom stereocenters. The Balaban J connectivity index is 1.59. The van der Waals surface area contributed by atoms with E-state index in [1.54, 1.807) is 0 Å². The van der Waals surface area contributed by atoms with Crippen LogP contribution < -0.4 is 15.9 Å². The molecular weight excluding hydrogens is 329 g/mol. The smallest absolute Gasteiger partial charge is 0.351 e. The zero-order chi connectivity index (χ0) is 17.7. The summed E-state index contributed by atoms with van der Waals surface area (Å²) in [6.45, 7) is 0. The van der Waals surface area contributed by atoms with E-state index >= 15 is 0 Å². The highest BCUT2D eigenvalue weighted by Gasteiger charge is 2.45. The summed E-state index contributed by atoms with van der Waals surface area (Å²) < 4.78 is 38.6. The number of nitrogens with one attached hydrogen (secondary N) is 2. The van der Waals surface area contributed by atoms with Crippen molar-refractivity contribution in [3.8, 4) is 0 Å². The lowest BCUT2D eigenvalue weighted by Gasteiger charge is -2.17. The largest absolute Gasteiger partial charge is 0.395 e. The summed E-state index contributed by atoms with van der Waals surface area (Å²) in [7, 11) is 0. The van der Waals surface area contributed by atoms with Crippen LogP contribution in [0.25, 0.3) is 12.2 Å². The van der Waals surface area contributed by atoms with Gasteiger partial charge >= 0.3 is 6.18 Å². The van der Waals surface area contributed by atoms with E-state index in [0.29, 0.717) is 16.3 Å². The molecule has 0 spiro atoms. The Morgan fingerprint density at radius 1 is 1.20 bits per heavy atom. The average Bonchev–Trinajstić information content (AvgIpc) is 3.23. The Labute approximate surface area is 142 Å². The van der Waals surface area contributed by atoms with Gasteiger partial charge in [-0.15, -0.1) is 0 Å². The fourth-order valence-corrected chi connectivity index (χ4v) is 3.33. The lowest BCUT2D eigenvalue weighted by molar-refractivity contribution is -0.155. The highest BCUT2D eigenvalue weighted by molar-refractivity contribution is 5.93. The Morgan fingerprint density at radius 2 is 1.92 bits per heavy atom. The zero-order valence-electron chi connectivity index (χ0n) is 13.4. The van der Waals surface area contributed by atoms with Gasteiger partial charge in [0.2, 0.25) is 0 Å². The lowest BCUT2D eigenvalue weighted by Crippen LogP contribution is -2.35. The molecule has 1 saturated carbocycles. The molecule has 3 nitrogen and oxygen atoms in total. The van der Waals surface area contributed by atoms with Crippen LogP contribution in [0.5, 0.6) is 0 Å². The van der Waals surface area contributed by atoms with Crippen LogP contribution in [0.15, 0.2) is 36.4 Å². The van der Waals surface area contributed by atoms with Crippen LogP contribution in [0, 0.1) is 5.92 Å². The molecule has 2 aliphatic rings. The predicted molar refractivity (Wildman–Crippen MR) is 88.0 cm³/mol. The maximum atomic E-state index is 12.9. The summed E-state index contributed by atoms with van der Waals surface area (Å²) in [5, 5.41) is 4.04. The number of benzene rings is 1. The highest BCUT2D eigenvalue weighted by atomic mass is 19.4. The first-order valence-electron chi connectivity index (χ1n) is 8.23. The molecule has 0 bridgehead atoms. The monoisotopic (exact) mass is 346 g/mol. The number of rotatable bonds is 3. The highest BCUT2D eigenvalue weighted by Crippen LogP contribution is 2.45. The van der Waals surface area contributed by atoms with Crippen LogP contribution in [0.4, 0.5) is 13.2 Å². The number of fused-ring (bicyclic) bond motifs is 1. The number of hydrogen-bond donors (Lipinski definition) is 2. The van der Waals surface area contributed by atoms with Crippen LogP contribution in [-0.2, 0) is 5.54 Å². The van der Waals surface area contributed by atoms with Crippen molar-refractivity contribution < 1.29 is 18.0 Å². The molecule has 130 valence electrons. The number of hydrogen-bond acceptors (Lipinski definition) is 1. The molecule has 1 aromatic heterocycles. The first kappa shape index (κ1) is 16.0. The van der Waals surface area contributed by atoms with Gasteiger partial charge in [0.25, 0.3) is 5.91 Å². The molecule has 2 aliphatic carbocycles. The van der Waals surface area contributed by atoms with Gasteiger partial charge in [0.05, 0.1) is 11.5 Å². The van der Waals surface area contributed by atoms with Gasteiger partial charge < -0.3 is 10.3 Å². The van der Waals surface area contributed by atoms with Gasteiger partial charge in [-0.05, 0) is 36.1 Å².